The molecule has 21 heavy (non-hydrogen) atoms. The van der Waals surface area contributed by atoms with Gasteiger partial charge in [0, 0.05) is 6.04 Å². The van der Waals surface area contributed by atoms with Gasteiger partial charge in [-0.05, 0) is 19.3 Å². The van der Waals surface area contributed by atoms with E-state index in [1.165, 1.54) is 6.20 Å². The Hall–Kier alpha value is -1.07. The molecule has 0 radical (unpaired) electrons. The van der Waals surface area contributed by atoms with Crippen LogP contribution in [0.5, 0.6) is 0 Å². The monoisotopic (exact) mass is 333 g/mol. The summed E-state index contributed by atoms with van der Waals surface area (Å²) in [6, 6.07) is 0.0646. The molecule has 0 aliphatic heterocycles. The fourth-order valence-corrected chi connectivity index (χ4v) is 2.19. The van der Waals surface area contributed by atoms with Crippen molar-refractivity contribution in [2.45, 2.75) is 52.6 Å². The second kappa shape index (κ2) is 8.39. The minimum absolute atomic E-state index is 0.0646. The van der Waals surface area contributed by atoms with Gasteiger partial charge < -0.3 is 5.32 Å². The lowest BCUT2D eigenvalue weighted by molar-refractivity contribution is -0.122. The van der Waals surface area contributed by atoms with Gasteiger partial charge in [0.2, 0.25) is 5.91 Å². The van der Waals surface area contributed by atoms with Crippen LogP contribution in [0.15, 0.2) is 11.0 Å². The van der Waals surface area contributed by atoms with Gasteiger partial charge in [-0.2, -0.15) is 5.10 Å². The van der Waals surface area contributed by atoms with Crippen LogP contribution in [0.4, 0.5) is 0 Å². The van der Waals surface area contributed by atoms with Crippen molar-refractivity contribution in [3.8, 4) is 0 Å². The molecule has 1 aromatic heterocycles. The SMILES string of the molecule is CC(C)CCCC(C)NC(=O)Cn1ncc(Cl)c(Cl)c1=O. The van der Waals surface area contributed by atoms with Gasteiger partial charge in [0.25, 0.3) is 5.56 Å². The third-order valence-corrected chi connectivity index (χ3v) is 3.81. The molecule has 0 fully saturated rings. The molecule has 7 heteroatoms. The van der Waals surface area contributed by atoms with Gasteiger partial charge in [-0.1, -0.05) is 49.9 Å². The molecule has 1 aromatic rings. The summed E-state index contributed by atoms with van der Waals surface area (Å²) in [5, 5.41) is 6.61. The number of rotatable bonds is 7. The lowest BCUT2D eigenvalue weighted by Gasteiger charge is -2.14. The fraction of sp³-hybridized carbons (Fsp3) is 0.643. The normalized spacial score (nSPS) is 12.5. The fourth-order valence-electron chi connectivity index (χ4n) is 1.92. The third kappa shape index (κ3) is 6.06. The van der Waals surface area contributed by atoms with Crippen LogP contribution < -0.4 is 10.9 Å². The zero-order valence-electron chi connectivity index (χ0n) is 12.5. The first-order valence-corrected chi connectivity index (χ1v) is 7.77. The molecule has 0 aliphatic rings. The summed E-state index contributed by atoms with van der Waals surface area (Å²) in [6.07, 6.45) is 4.36. The maximum Gasteiger partial charge on any atom is 0.287 e. The van der Waals surface area contributed by atoms with Crippen molar-refractivity contribution in [3.63, 3.8) is 0 Å². The molecule has 118 valence electrons. The molecule has 5 nitrogen and oxygen atoms in total. The van der Waals surface area contributed by atoms with Crippen molar-refractivity contribution >= 4 is 29.1 Å². The zero-order valence-corrected chi connectivity index (χ0v) is 14.0. The van der Waals surface area contributed by atoms with Gasteiger partial charge in [-0.25, -0.2) is 4.68 Å². The highest BCUT2D eigenvalue weighted by atomic mass is 35.5. The number of amides is 1. The van der Waals surface area contributed by atoms with E-state index < -0.39 is 5.56 Å². The molecule has 1 N–H and O–H groups in total. The van der Waals surface area contributed by atoms with Crippen LogP contribution in [0, 0.1) is 5.92 Å². The van der Waals surface area contributed by atoms with Gasteiger partial charge >= 0.3 is 0 Å². The predicted octanol–water partition coefficient (Wildman–Crippen LogP) is 2.88. The number of nitrogens with one attached hydrogen (secondary N) is 1. The van der Waals surface area contributed by atoms with Gasteiger partial charge in [0.1, 0.15) is 11.6 Å². The minimum Gasteiger partial charge on any atom is -0.352 e. The van der Waals surface area contributed by atoms with E-state index in [9.17, 15) is 9.59 Å². The molecule has 1 rings (SSSR count). The van der Waals surface area contributed by atoms with Crippen molar-refractivity contribution in [2.75, 3.05) is 0 Å². The van der Waals surface area contributed by atoms with Crippen LogP contribution in [0.25, 0.3) is 0 Å². The average molecular weight is 334 g/mol. The molecule has 0 saturated heterocycles. The Balaban J connectivity index is 2.51. The lowest BCUT2D eigenvalue weighted by Crippen LogP contribution is -2.38. The molecular weight excluding hydrogens is 313 g/mol. The number of hydrogen-bond donors (Lipinski definition) is 1. The molecule has 0 bridgehead atoms. The summed E-state index contributed by atoms with van der Waals surface area (Å²) in [6.45, 7) is 6.13. The average Bonchev–Trinajstić information content (AvgIpc) is 2.39. The first-order valence-electron chi connectivity index (χ1n) is 7.01. The van der Waals surface area contributed by atoms with Crippen LogP contribution >= 0.6 is 23.2 Å². The first kappa shape index (κ1) is 18.0. The number of hydrogen-bond acceptors (Lipinski definition) is 3. The van der Waals surface area contributed by atoms with E-state index in [1.54, 1.807) is 0 Å². The molecule has 1 amide bonds. The summed E-state index contributed by atoms with van der Waals surface area (Å²) < 4.78 is 1.00. The van der Waals surface area contributed by atoms with Crippen LogP contribution in [0.3, 0.4) is 0 Å². The first-order chi connectivity index (χ1) is 9.81. The van der Waals surface area contributed by atoms with Crippen LogP contribution in [0.1, 0.15) is 40.0 Å². The zero-order chi connectivity index (χ0) is 16.0. The number of halogens is 2. The minimum atomic E-state index is -0.563. The van der Waals surface area contributed by atoms with Crippen molar-refractivity contribution < 1.29 is 4.79 Å². The smallest absolute Gasteiger partial charge is 0.287 e. The summed E-state index contributed by atoms with van der Waals surface area (Å²) >= 11 is 11.4. The molecule has 1 atom stereocenters. The molecular formula is C14H21Cl2N3O2. The van der Waals surface area contributed by atoms with Gasteiger partial charge in [-0.3, -0.25) is 9.59 Å². The Morgan fingerprint density at radius 3 is 2.62 bits per heavy atom. The number of nitrogens with zero attached hydrogens (tertiary/aromatic N) is 2. The van der Waals surface area contributed by atoms with E-state index in [0.29, 0.717) is 5.92 Å². The van der Waals surface area contributed by atoms with Crippen LogP contribution in [-0.4, -0.2) is 21.7 Å². The van der Waals surface area contributed by atoms with E-state index in [4.69, 9.17) is 23.2 Å². The van der Waals surface area contributed by atoms with Crippen LogP contribution in [-0.2, 0) is 11.3 Å². The maximum atomic E-state index is 11.9. The molecule has 0 saturated carbocycles. The van der Waals surface area contributed by atoms with Gasteiger partial charge in [-0.15, -0.1) is 0 Å². The quantitative estimate of drug-likeness (QED) is 0.834. The molecule has 1 heterocycles. The predicted molar refractivity (Wildman–Crippen MR) is 84.8 cm³/mol. The highest BCUT2D eigenvalue weighted by molar-refractivity contribution is 6.41. The standard InChI is InChI=1S/C14H21Cl2N3O2/c1-9(2)5-4-6-10(3)18-12(20)8-19-14(21)13(16)11(15)7-17-19/h7,9-10H,4-6,8H2,1-3H3,(H,18,20). The Morgan fingerprint density at radius 2 is 2.00 bits per heavy atom. The Kier molecular flexibility index (Phi) is 7.18. The highest BCUT2D eigenvalue weighted by Crippen LogP contribution is 2.14. The third-order valence-electron chi connectivity index (χ3n) is 3.06. The van der Waals surface area contributed by atoms with Crippen molar-refractivity contribution in [1.29, 1.82) is 0 Å². The number of aromatic nitrogens is 2. The second-order valence-corrected chi connectivity index (χ2v) is 6.35. The van der Waals surface area contributed by atoms with Gasteiger partial charge in [0.15, 0.2) is 0 Å². The lowest BCUT2D eigenvalue weighted by atomic mass is 10.0. The Morgan fingerprint density at radius 1 is 1.33 bits per heavy atom. The Labute approximate surface area is 134 Å². The molecule has 0 spiro atoms. The van der Waals surface area contributed by atoms with E-state index in [-0.39, 0.29) is 28.5 Å². The topological polar surface area (TPSA) is 64.0 Å². The van der Waals surface area contributed by atoms with E-state index >= 15 is 0 Å². The largest absolute Gasteiger partial charge is 0.352 e. The van der Waals surface area contributed by atoms with Gasteiger partial charge in [0.05, 0.1) is 11.2 Å². The molecule has 0 aromatic carbocycles. The summed E-state index contributed by atoms with van der Waals surface area (Å²) in [5.41, 5.74) is -0.563. The number of carbonyl (C=O) groups is 1. The van der Waals surface area contributed by atoms with E-state index in [2.05, 4.69) is 24.3 Å². The van der Waals surface area contributed by atoms with Crippen molar-refractivity contribution in [1.82, 2.24) is 15.1 Å². The summed E-state index contributed by atoms with van der Waals surface area (Å²) in [5.74, 6) is 0.395. The number of carbonyl (C=O) groups excluding carboxylic acids is 1. The van der Waals surface area contributed by atoms with Crippen molar-refractivity contribution in [3.05, 3.63) is 26.6 Å². The highest BCUT2D eigenvalue weighted by Gasteiger charge is 2.12. The van der Waals surface area contributed by atoms with E-state index in [0.717, 1.165) is 23.9 Å². The van der Waals surface area contributed by atoms with Crippen LogP contribution in [0.2, 0.25) is 10.0 Å². The van der Waals surface area contributed by atoms with Crippen molar-refractivity contribution in [2.24, 2.45) is 5.92 Å². The van der Waals surface area contributed by atoms with E-state index in [1.807, 2.05) is 6.92 Å². The summed E-state index contributed by atoms with van der Waals surface area (Å²) in [7, 11) is 0. The molecule has 0 aliphatic carbocycles. The Bertz CT molecular complexity index is 544. The summed E-state index contributed by atoms with van der Waals surface area (Å²) in [4.78, 5) is 23.6. The molecule has 1 unspecified atom stereocenters. The maximum absolute atomic E-state index is 11.9. The second-order valence-electron chi connectivity index (χ2n) is 5.56.